The molecule has 0 amide bonds. The van der Waals surface area contributed by atoms with Crippen LogP contribution in [0.15, 0.2) is 6.07 Å². The van der Waals surface area contributed by atoms with Gasteiger partial charge in [0, 0.05) is 24.2 Å². The molecule has 0 saturated carbocycles. The summed E-state index contributed by atoms with van der Waals surface area (Å²) < 4.78 is 40.1. The van der Waals surface area contributed by atoms with Crippen LogP contribution in [-0.2, 0) is 13.0 Å². The first-order valence-corrected chi connectivity index (χ1v) is 5.87. The van der Waals surface area contributed by atoms with Crippen LogP contribution in [-0.4, -0.2) is 6.04 Å². The molecule has 0 bridgehead atoms. The van der Waals surface area contributed by atoms with Gasteiger partial charge in [-0.1, -0.05) is 13.8 Å². The summed E-state index contributed by atoms with van der Waals surface area (Å²) in [6.07, 6.45) is 1.33. The first-order chi connectivity index (χ1) is 7.99. The Hall–Kier alpha value is -1.03. The first kappa shape index (κ1) is 12.4. The van der Waals surface area contributed by atoms with E-state index in [4.69, 9.17) is 0 Å². The SMILES string of the molecule is CC(C)CC1Cc2c(F)cc(F)c(F)c2CN1. The van der Waals surface area contributed by atoms with Crippen molar-refractivity contribution in [2.45, 2.75) is 39.3 Å². The maximum atomic E-state index is 13.6. The van der Waals surface area contributed by atoms with Gasteiger partial charge in [0.2, 0.25) is 0 Å². The molecule has 0 radical (unpaired) electrons. The molecule has 2 rings (SSSR count). The smallest absolute Gasteiger partial charge is 0.163 e. The fourth-order valence-electron chi connectivity index (χ4n) is 2.39. The van der Waals surface area contributed by atoms with E-state index in [1.54, 1.807) is 0 Å². The van der Waals surface area contributed by atoms with E-state index in [0.717, 1.165) is 6.42 Å². The molecule has 1 aliphatic heterocycles. The average molecular weight is 243 g/mol. The number of hydrogen-bond donors (Lipinski definition) is 1. The lowest BCUT2D eigenvalue weighted by Crippen LogP contribution is -2.37. The van der Waals surface area contributed by atoms with E-state index in [0.29, 0.717) is 24.0 Å². The number of hydrogen-bond acceptors (Lipinski definition) is 1. The van der Waals surface area contributed by atoms with Crippen molar-refractivity contribution >= 4 is 0 Å². The molecule has 0 spiro atoms. The van der Waals surface area contributed by atoms with Crippen LogP contribution in [0.3, 0.4) is 0 Å². The Kier molecular flexibility index (Phi) is 3.43. The zero-order valence-corrected chi connectivity index (χ0v) is 9.99. The molecule has 94 valence electrons. The van der Waals surface area contributed by atoms with E-state index in [1.807, 2.05) is 0 Å². The van der Waals surface area contributed by atoms with E-state index in [9.17, 15) is 13.2 Å². The molecule has 1 nitrogen and oxygen atoms in total. The third kappa shape index (κ3) is 2.46. The lowest BCUT2D eigenvalue weighted by atomic mass is 9.90. The summed E-state index contributed by atoms with van der Waals surface area (Å²) in [5, 5.41) is 3.13. The maximum absolute atomic E-state index is 13.6. The molecule has 1 heterocycles. The first-order valence-electron chi connectivity index (χ1n) is 5.87. The third-order valence-electron chi connectivity index (χ3n) is 3.15. The Labute approximate surface area is 99.0 Å². The molecule has 1 N–H and O–H groups in total. The van der Waals surface area contributed by atoms with E-state index in [-0.39, 0.29) is 18.2 Å². The van der Waals surface area contributed by atoms with Gasteiger partial charge < -0.3 is 5.32 Å². The van der Waals surface area contributed by atoms with E-state index in [1.165, 1.54) is 0 Å². The van der Waals surface area contributed by atoms with Crippen LogP contribution in [0.2, 0.25) is 0 Å². The fraction of sp³-hybridized carbons (Fsp3) is 0.538. The van der Waals surface area contributed by atoms with Crippen molar-refractivity contribution in [3.8, 4) is 0 Å². The van der Waals surface area contributed by atoms with Crippen LogP contribution in [0.4, 0.5) is 13.2 Å². The van der Waals surface area contributed by atoms with Crippen LogP contribution in [0, 0.1) is 23.4 Å². The van der Waals surface area contributed by atoms with Crippen molar-refractivity contribution in [1.82, 2.24) is 5.32 Å². The molecule has 0 saturated heterocycles. The van der Waals surface area contributed by atoms with Crippen molar-refractivity contribution < 1.29 is 13.2 Å². The minimum Gasteiger partial charge on any atom is -0.309 e. The molecule has 1 unspecified atom stereocenters. The molecule has 0 aromatic heterocycles. The zero-order valence-electron chi connectivity index (χ0n) is 9.99. The highest BCUT2D eigenvalue weighted by atomic mass is 19.2. The van der Waals surface area contributed by atoms with Gasteiger partial charge in [0.15, 0.2) is 11.6 Å². The quantitative estimate of drug-likeness (QED) is 0.787. The molecule has 1 aromatic carbocycles. The number of benzene rings is 1. The van der Waals surface area contributed by atoms with Crippen LogP contribution in [0.1, 0.15) is 31.4 Å². The number of fused-ring (bicyclic) bond motifs is 1. The largest absolute Gasteiger partial charge is 0.309 e. The summed E-state index contributed by atoms with van der Waals surface area (Å²) in [5.74, 6) is -2.17. The van der Waals surface area contributed by atoms with Crippen LogP contribution >= 0.6 is 0 Å². The highest BCUT2D eigenvalue weighted by Gasteiger charge is 2.26. The summed E-state index contributed by atoms with van der Waals surface area (Å²) in [6.45, 7) is 4.37. The average Bonchev–Trinajstić information content (AvgIpc) is 2.25. The van der Waals surface area contributed by atoms with Crippen molar-refractivity contribution in [2.75, 3.05) is 0 Å². The Morgan fingerprint density at radius 3 is 2.59 bits per heavy atom. The normalized spacial score (nSPS) is 19.5. The van der Waals surface area contributed by atoms with Gasteiger partial charge >= 0.3 is 0 Å². The minimum absolute atomic E-state index is 0.141. The molecular formula is C13H16F3N. The predicted molar refractivity (Wildman–Crippen MR) is 60.1 cm³/mol. The molecule has 1 aromatic rings. The van der Waals surface area contributed by atoms with Crippen molar-refractivity contribution in [1.29, 1.82) is 0 Å². The highest BCUT2D eigenvalue weighted by Crippen LogP contribution is 2.26. The summed E-state index contributed by atoms with van der Waals surface area (Å²) in [7, 11) is 0. The van der Waals surface area contributed by atoms with E-state index >= 15 is 0 Å². The summed E-state index contributed by atoms with van der Waals surface area (Å²) in [6, 6.07) is 0.785. The minimum atomic E-state index is -1.11. The van der Waals surface area contributed by atoms with Crippen molar-refractivity contribution in [3.63, 3.8) is 0 Å². The highest BCUT2D eigenvalue weighted by molar-refractivity contribution is 5.33. The monoisotopic (exact) mass is 243 g/mol. The van der Waals surface area contributed by atoms with E-state index < -0.39 is 17.5 Å². The molecule has 4 heteroatoms. The Bertz CT molecular complexity index is 429. The van der Waals surface area contributed by atoms with Gasteiger partial charge in [-0.05, 0) is 24.3 Å². The third-order valence-corrected chi connectivity index (χ3v) is 3.15. The molecule has 1 atom stereocenters. The number of rotatable bonds is 2. The number of nitrogens with one attached hydrogen (secondary N) is 1. The van der Waals surface area contributed by atoms with Gasteiger partial charge in [0.1, 0.15) is 5.82 Å². The standard InChI is InChI=1S/C13H16F3N/c1-7(2)3-8-4-9-10(6-17-8)13(16)12(15)5-11(9)14/h5,7-8,17H,3-4,6H2,1-2H3. The molecule has 17 heavy (non-hydrogen) atoms. The topological polar surface area (TPSA) is 12.0 Å². The summed E-state index contributed by atoms with van der Waals surface area (Å²) in [4.78, 5) is 0. The Morgan fingerprint density at radius 1 is 1.24 bits per heavy atom. The lowest BCUT2D eigenvalue weighted by molar-refractivity contribution is 0.376. The number of halogens is 3. The van der Waals surface area contributed by atoms with Crippen LogP contribution < -0.4 is 5.32 Å². The zero-order chi connectivity index (χ0) is 12.6. The van der Waals surface area contributed by atoms with Gasteiger partial charge in [0.05, 0.1) is 0 Å². The molecule has 0 aliphatic carbocycles. The molecular weight excluding hydrogens is 227 g/mol. The van der Waals surface area contributed by atoms with Gasteiger partial charge in [-0.3, -0.25) is 0 Å². The van der Waals surface area contributed by atoms with Crippen LogP contribution in [0.5, 0.6) is 0 Å². The predicted octanol–water partition coefficient (Wildman–Crippen LogP) is 3.16. The Morgan fingerprint density at radius 2 is 1.94 bits per heavy atom. The van der Waals surface area contributed by atoms with Crippen molar-refractivity contribution in [3.05, 3.63) is 34.6 Å². The van der Waals surface area contributed by atoms with Crippen molar-refractivity contribution in [2.24, 2.45) is 5.92 Å². The van der Waals surface area contributed by atoms with Gasteiger partial charge in [-0.15, -0.1) is 0 Å². The second-order valence-electron chi connectivity index (χ2n) is 5.02. The van der Waals surface area contributed by atoms with Gasteiger partial charge in [-0.25, -0.2) is 13.2 Å². The summed E-state index contributed by atoms with van der Waals surface area (Å²) in [5.41, 5.74) is 0.468. The fourth-order valence-corrected chi connectivity index (χ4v) is 2.39. The molecule has 0 fully saturated rings. The van der Waals surface area contributed by atoms with E-state index in [2.05, 4.69) is 19.2 Å². The lowest BCUT2D eigenvalue weighted by Gasteiger charge is -2.28. The second kappa shape index (κ2) is 4.69. The maximum Gasteiger partial charge on any atom is 0.163 e. The van der Waals surface area contributed by atoms with Gasteiger partial charge in [-0.2, -0.15) is 0 Å². The van der Waals surface area contributed by atoms with Crippen LogP contribution in [0.25, 0.3) is 0 Å². The Balaban J connectivity index is 2.29. The van der Waals surface area contributed by atoms with Gasteiger partial charge in [0.25, 0.3) is 0 Å². The second-order valence-corrected chi connectivity index (χ2v) is 5.02. The molecule has 1 aliphatic rings. The summed E-state index contributed by atoms with van der Waals surface area (Å²) >= 11 is 0.